The second-order valence-electron chi connectivity index (χ2n) is 9.48. The molecule has 0 radical (unpaired) electrons. The van der Waals surface area contributed by atoms with Crippen LogP contribution in [0.1, 0.15) is 61.7 Å². The molecular formula is C29H28N6O5. The van der Waals surface area contributed by atoms with Crippen LogP contribution in [0.2, 0.25) is 0 Å². The summed E-state index contributed by atoms with van der Waals surface area (Å²) in [5.41, 5.74) is 7.64. The first kappa shape index (κ1) is 26.9. The Morgan fingerprint density at radius 2 is 1.77 bits per heavy atom. The lowest BCUT2D eigenvalue weighted by atomic mass is 9.98. The Kier molecular flexibility index (Phi) is 7.78. The molecule has 0 aliphatic carbocycles. The van der Waals surface area contributed by atoms with E-state index < -0.39 is 24.0 Å². The molecule has 1 saturated heterocycles. The number of carbonyl (C=O) groups is 2. The number of aliphatic hydroxyl groups is 2. The normalized spacial score (nSPS) is 17.4. The molecule has 11 nitrogen and oxygen atoms in total. The highest BCUT2D eigenvalue weighted by atomic mass is 16.5. The van der Waals surface area contributed by atoms with Crippen molar-refractivity contribution in [1.29, 1.82) is 5.41 Å². The summed E-state index contributed by atoms with van der Waals surface area (Å²) in [6.45, 7) is 0.508. The summed E-state index contributed by atoms with van der Waals surface area (Å²) in [5.74, 6) is -0.978. The van der Waals surface area contributed by atoms with Crippen molar-refractivity contribution < 1.29 is 24.5 Å². The highest BCUT2D eigenvalue weighted by Gasteiger charge is 2.30. The van der Waals surface area contributed by atoms with Gasteiger partial charge in [0.15, 0.2) is 11.6 Å². The molecule has 4 aromatic rings. The van der Waals surface area contributed by atoms with E-state index in [1.807, 2.05) is 0 Å². The number of carbonyl (C=O) groups excluding carboxylic acids is 2. The van der Waals surface area contributed by atoms with Crippen molar-refractivity contribution in [3.8, 4) is 6.01 Å². The second kappa shape index (κ2) is 11.6. The Balaban J connectivity index is 1.41. The molecule has 5 rings (SSSR count). The molecule has 6 N–H and O–H groups in total. The number of aromatic nitrogens is 3. The Hall–Kier alpha value is -4.71. The van der Waals surface area contributed by atoms with Gasteiger partial charge in [0.25, 0.3) is 5.91 Å². The third-order valence-electron chi connectivity index (χ3n) is 6.65. The van der Waals surface area contributed by atoms with E-state index in [1.165, 1.54) is 6.07 Å². The first-order valence-corrected chi connectivity index (χ1v) is 12.7. The molecule has 40 heavy (non-hydrogen) atoms. The molecule has 3 unspecified atom stereocenters. The summed E-state index contributed by atoms with van der Waals surface area (Å²) < 4.78 is 6.95. The Bertz CT molecular complexity index is 1540. The van der Waals surface area contributed by atoms with Gasteiger partial charge in [0.05, 0.1) is 0 Å². The number of nitrogen functional groups attached to an aromatic ring is 1. The maximum atomic E-state index is 13.6. The van der Waals surface area contributed by atoms with Gasteiger partial charge in [-0.2, -0.15) is 4.98 Å². The Morgan fingerprint density at radius 1 is 1.05 bits per heavy atom. The van der Waals surface area contributed by atoms with Crippen LogP contribution in [-0.4, -0.2) is 55.3 Å². The molecule has 11 heteroatoms. The van der Waals surface area contributed by atoms with Crippen molar-refractivity contribution in [3.63, 3.8) is 0 Å². The molecule has 0 bridgehead atoms. The van der Waals surface area contributed by atoms with Crippen molar-refractivity contribution in [2.24, 2.45) is 5.73 Å². The average molecular weight is 541 g/mol. The molecule has 1 aromatic heterocycles. The summed E-state index contributed by atoms with van der Waals surface area (Å²) in [6.07, 6.45) is -1.77. The lowest BCUT2D eigenvalue weighted by Crippen LogP contribution is -2.19. The zero-order valence-corrected chi connectivity index (χ0v) is 21.4. The third kappa shape index (κ3) is 5.81. The lowest BCUT2D eigenvalue weighted by molar-refractivity contribution is 0.0746. The molecule has 2 heterocycles. The monoisotopic (exact) mass is 540 g/mol. The minimum Gasteiger partial charge on any atom is -0.458 e. The maximum Gasteiger partial charge on any atom is 0.323 e. The fourth-order valence-electron chi connectivity index (χ4n) is 4.43. The van der Waals surface area contributed by atoms with Crippen LogP contribution >= 0.6 is 0 Å². The first-order chi connectivity index (χ1) is 19.3. The number of amidine groups is 1. The quantitative estimate of drug-likeness (QED) is 0.121. The van der Waals surface area contributed by atoms with Crippen LogP contribution in [0.4, 0.5) is 0 Å². The number of nitrogens with one attached hydrogen (secondary N) is 2. The number of benzene rings is 3. The van der Waals surface area contributed by atoms with Crippen molar-refractivity contribution in [3.05, 3.63) is 113 Å². The zero-order chi connectivity index (χ0) is 28.2. The number of hydrogen-bond acceptors (Lipinski definition) is 9. The molecule has 0 saturated carbocycles. The molecule has 1 aliphatic rings. The fraction of sp³-hybridized carbons (Fsp3) is 0.207. The van der Waals surface area contributed by atoms with Crippen LogP contribution in [0.15, 0.2) is 78.9 Å². The summed E-state index contributed by atoms with van der Waals surface area (Å²) in [7, 11) is 0. The predicted molar refractivity (Wildman–Crippen MR) is 145 cm³/mol. The molecule has 1 aliphatic heterocycles. The average Bonchev–Trinajstić information content (AvgIpc) is 3.62. The smallest absolute Gasteiger partial charge is 0.323 e. The van der Waals surface area contributed by atoms with Gasteiger partial charge in [-0.15, -0.1) is 9.78 Å². The van der Waals surface area contributed by atoms with Gasteiger partial charge in [-0.3, -0.25) is 20.3 Å². The number of ether oxygens (including phenoxy) is 1. The van der Waals surface area contributed by atoms with Gasteiger partial charge in [-0.05, 0) is 29.7 Å². The Morgan fingerprint density at radius 3 is 2.45 bits per heavy atom. The Labute approximate surface area is 229 Å². The molecule has 0 amide bonds. The minimum absolute atomic E-state index is 0.0386. The topological polar surface area (TPSA) is 176 Å². The maximum absolute atomic E-state index is 13.6. The highest BCUT2D eigenvalue weighted by Crippen LogP contribution is 2.26. The number of aliphatic hydroxyl groups excluding tert-OH is 2. The van der Waals surface area contributed by atoms with Crippen molar-refractivity contribution >= 4 is 17.5 Å². The molecule has 3 atom stereocenters. The number of rotatable bonds is 9. The van der Waals surface area contributed by atoms with E-state index in [2.05, 4.69) is 15.4 Å². The summed E-state index contributed by atoms with van der Waals surface area (Å²) in [4.78, 5) is 30.9. The number of nitrogens with two attached hydrogens (primary N) is 1. The zero-order valence-electron chi connectivity index (χ0n) is 21.4. The molecular weight excluding hydrogens is 512 g/mol. The number of hydrogen-bond donors (Lipinski definition) is 5. The van der Waals surface area contributed by atoms with Crippen LogP contribution in [0, 0.1) is 5.41 Å². The van der Waals surface area contributed by atoms with Gasteiger partial charge in [0.2, 0.25) is 0 Å². The van der Waals surface area contributed by atoms with Crippen molar-refractivity contribution in [2.45, 2.75) is 31.3 Å². The lowest BCUT2D eigenvalue weighted by Gasteiger charge is -2.12. The van der Waals surface area contributed by atoms with E-state index in [4.69, 9.17) is 15.9 Å². The van der Waals surface area contributed by atoms with Crippen LogP contribution in [-0.2, 0) is 6.61 Å². The van der Waals surface area contributed by atoms with Crippen LogP contribution < -0.4 is 15.8 Å². The van der Waals surface area contributed by atoms with Gasteiger partial charge in [0.1, 0.15) is 24.8 Å². The van der Waals surface area contributed by atoms with E-state index in [0.29, 0.717) is 29.9 Å². The van der Waals surface area contributed by atoms with E-state index in [9.17, 15) is 19.8 Å². The number of nitrogens with zero attached hydrogens (tertiary/aromatic N) is 3. The second-order valence-corrected chi connectivity index (χ2v) is 9.48. The predicted octanol–water partition coefficient (Wildman–Crippen LogP) is 2.14. The van der Waals surface area contributed by atoms with Gasteiger partial charge < -0.3 is 20.7 Å². The van der Waals surface area contributed by atoms with Crippen molar-refractivity contribution in [1.82, 2.24) is 20.1 Å². The third-order valence-corrected chi connectivity index (χ3v) is 6.65. The number of Topliss-reactive ketones (excluding diaryl/α,β-unsaturated/α-hetero) is 1. The van der Waals surface area contributed by atoms with Crippen LogP contribution in [0.3, 0.4) is 0 Å². The highest BCUT2D eigenvalue weighted by molar-refractivity contribution is 6.01. The fourth-order valence-corrected chi connectivity index (χ4v) is 4.43. The van der Waals surface area contributed by atoms with Gasteiger partial charge in [0, 0.05) is 29.2 Å². The SMILES string of the molecule is N=C(N)c1ccc(COc2nc(C3CNC(O)C3)nn2C(=O)c2cccc(C(O)C(=O)c3ccccc3)c2)cc1. The number of ketones is 1. The largest absolute Gasteiger partial charge is 0.458 e. The molecule has 3 aromatic carbocycles. The summed E-state index contributed by atoms with van der Waals surface area (Å²) in [5, 5.41) is 35.5. The van der Waals surface area contributed by atoms with Gasteiger partial charge in [-0.1, -0.05) is 66.7 Å². The molecule has 1 fully saturated rings. The van der Waals surface area contributed by atoms with E-state index in [0.717, 1.165) is 10.2 Å². The van der Waals surface area contributed by atoms with Gasteiger partial charge >= 0.3 is 6.01 Å². The van der Waals surface area contributed by atoms with Crippen LogP contribution in [0.25, 0.3) is 0 Å². The standard InChI is InChI=1S/C29H28N6O5/c30-26(31)19-11-9-17(10-12-19)16-40-29-33-27(22-14-23(36)32-15-22)34-35(29)28(39)21-8-4-7-20(13-21)25(38)24(37)18-5-2-1-3-6-18/h1-13,22-23,25,32,36,38H,14-16H2,(H3,30,31). The minimum atomic E-state index is -1.46. The van der Waals surface area contributed by atoms with E-state index in [-0.39, 0.29) is 35.5 Å². The van der Waals surface area contributed by atoms with Gasteiger partial charge in [-0.25, -0.2) is 0 Å². The molecule has 204 valence electrons. The van der Waals surface area contributed by atoms with E-state index in [1.54, 1.807) is 72.8 Å². The van der Waals surface area contributed by atoms with Crippen molar-refractivity contribution in [2.75, 3.05) is 6.54 Å². The first-order valence-electron chi connectivity index (χ1n) is 12.7. The van der Waals surface area contributed by atoms with E-state index >= 15 is 0 Å². The van der Waals surface area contributed by atoms with Crippen LogP contribution in [0.5, 0.6) is 6.01 Å². The summed E-state index contributed by atoms with van der Waals surface area (Å²) >= 11 is 0. The molecule has 0 spiro atoms. The summed E-state index contributed by atoms with van der Waals surface area (Å²) in [6, 6.07) is 21.4.